The van der Waals surface area contributed by atoms with Crippen molar-refractivity contribution in [2.24, 2.45) is 5.73 Å². The molecule has 1 aromatic rings. The maximum atomic E-state index is 11.6. The molecular weight excluding hydrogens is 192 g/mol. The summed E-state index contributed by atoms with van der Waals surface area (Å²) in [4.78, 5) is 22.6. The molecule has 0 saturated heterocycles. The highest BCUT2D eigenvalue weighted by Crippen LogP contribution is 2.37. The van der Waals surface area contributed by atoms with Crippen LogP contribution in [0.2, 0.25) is 0 Å². The van der Waals surface area contributed by atoms with Gasteiger partial charge >= 0.3 is 0 Å². The summed E-state index contributed by atoms with van der Waals surface area (Å²) in [5.74, 6) is -0.545. The van der Waals surface area contributed by atoms with Gasteiger partial charge in [0.15, 0.2) is 0 Å². The van der Waals surface area contributed by atoms with Gasteiger partial charge in [0.2, 0.25) is 11.8 Å². The quantitative estimate of drug-likeness (QED) is 0.716. The molecular formula is C11H12N2O2. The first-order chi connectivity index (χ1) is 6.93. The molecule has 1 aromatic carbocycles. The second-order valence-corrected chi connectivity index (χ2v) is 4.20. The monoisotopic (exact) mass is 204 g/mol. The highest BCUT2D eigenvalue weighted by Gasteiger charge is 2.38. The summed E-state index contributed by atoms with van der Waals surface area (Å²) in [5, 5.41) is 2.74. The third kappa shape index (κ3) is 1.29. The van der Waals surface area contributed by atoms with Gasteiger partial charge in [-0.25, -0.2) is 0 Å². The molecule has 3 N–H and O–H groups in total. The van der Waals surface area contributed by atoms with Crippen LogP contribution in [-0.2, 0) is 10.2 Å². The summed E-state index contributed by atoms with van der Waals surface area (Å²) in [5.41, 5.74) is 6.61. The number of nitrogens with one attached hydrogen (secondary N) is 1. The van der Waals surface area contributed by atoms with Gasteiger partial charge in [-0.1, -0.05) is 6.07 Å². The number of primary amides is 1. The van der Waals surface area contributed by atoms with E-state index in [1.54, 1.807) is 18.2 Å². The molecule has 0 atom stereocenters. The summed E-state index contributed by atoms with van der Waals surface area (Å²) in [7, 11) is 0. The normalized spacial score (nSPS) is 17.1. The fourth-order valence-corrected chi connectivity index (χ4v) is 1.75. The fourth-order valence-electron chi connectivity index (χ4n) is 1.75. The molecule has 1 aliphatic rings. The van der Waals surface area contributed by atoms with Gasteiger partial charge in [0, 0.05) is 11.3 Å². The third-order valence-electron chi connectivity index (χ3n) is 2.79. The Kier molecular flexibility index (Phi) is 1.83. The van der Waals surface area contributed by atoms with E-state index in [2.05, 4.69) is 5.32 Å². The van der Waals surface area contributed by atoms with Crippen LogP contribution >= 0.6 is 0 Å². The van der Waals surface area contributed by atoms with Crippen molar-refractivity contribution < 1.29 is 9.59 Å². The molecule has 1 aliphatic heterocycles. The van der Waals surface area contributed by atoms with E-state index in [4.69, 9.17) is 5.73 Å². The van der Waals surface area contributed by atoms with Gasteiger partial charge in [0.25, 0.3) is 0 Å². The number of carbonyl (C=O) groups excluding carboxylic acids is 2. The van der Waals surface area contributed by atoms with Gasteiger partial charge < -0.3 is 11.1 Å². The number of hydrogen-bond acceptors (Lipinski definition) is 2. The van der Waals surface area contributed by atoms with Crippen LogP contribution in [0.25, 0.3) is 0 Å². The van der Waals surface area contributed by atoms with Crippen molar-refractivity contribution >= 4 is 17.5 Å². The van der Waals surface area contributed by atoms with E-state index < -0.39 is 11.3 Å². The summed E-state index contributed by atoms with van der Waals surface area (Å²) in [6, 6.07) is 5.03. The molecule has 0 saturated carbocycles. The zero-order valence-electron chi connectivity index (χ0n) is 8.63. The van der Waals surface area contributed by atoms with Crippen molar-refractivity contribution in [3.8, 4) is 0 Å². The average Bonchev–Trinajstić information content (AvgIpc) is 2.38. The van der Waals surface area contributed by atoms with Crippen LogP contribution in [0.3, 0.4) is 0 Å². The molecule has 2 amide bonds. The Morgan fingerprint density at radius 3 is 2.67 bits per heavy atom. The van der Waals surface area contributed by atoms with E-state index in [-0.39, 0.29) is 5.91 Å². The zero-order chi connectivity index (χ0) is 11.2. The molecule has 0 radical (unpaired) electrons. The van der Waals surface area contributed by atoms with Crippen LogP contribution in [0.4, 0.5) is 5.69 Å². The lowest BCUT2D eigenvalue weighted by atomic mass is 9.86. The Hall–Kier alpha value is -1.84. The maximum Gasteiger partial charge on any atom is 0.248 e. The SMILES string of the molecule is CC1(C)C(=O)Nc2cc(C(N)=O)ccc21. The molecule has 4 nitrogen and oxygen atoms in total. The van der Waals surface area contributed by atoms with Crippen molar-refractivity contribution in [2.45, 2.75) is 19.3 Å². The van der Waals surface area contributed by atoms with Gasteiger partial charge in [0.1, 0.15) is 0 Å². The minimum atomic E-state index is -0.536. The lowest BCUT2D eigenvalue weighted by Gasteiger charge is -2.14. The van der Waals surface area contributed by atoms with Crippen molar-refractivity contribution in [1.82, 2.24) is 0 Å². The summed E-state index contributed by atoms with van der Waals surface area (Å²) >= 11 is 0. The van der Waals surface area contributed by atoms with Crippen molar-refractivity contribution in [2.75, 3.05) is 5.32 Å². The van der Waals surface area contributed by atoms with Crippen LogP contribution in [0.15, 0.2) is 18.2 Å². The van der Waals surface area contributed by atoms with Crippen LogP contribution in [0, 0.1) is 0 Å². The highest BCUT2D eigenvalue weighted by atomic mass is 16.2. The van der Waals surface area contributed by atoms with Crippen molar-refractivity contribution in [1.29, 1.82) is 0 Å². The molecule has 0 aliphatic carbocycles. The number of rotatable bonds is 1. The van der Waals surface area contributed by atoms with E-state index in [1.165, 1.54) is 0 Å². The van der Waals surface area contributed by atoms with Gasteiger partial charge in [-0.3, -0.25) is 9.59 Å². The molecule has 2 rings (SSSR count). The first-order valence-corrected chi connectivity index (χ1v) is 4.68. The number of benzene rings is 1. The predicted molar refractivity (Wildman–Crippen MR) is 56.6 cm³/mol. The highest BCUT2D eigenvalue weighted by molar-refractivity contribution is 6.07. The number of nitrogens with two attached hydrogens (primary N) is 1. The Morgan fingerprint density at radius 2 is 2.07 bits per heavy atom. The minimum absolute atomic E-state index is 0.0564. The van der Waals surface area contributed by atoms with Crippen LogP contribution in [0.1, 0.15) is 29.8 Å². The molecule has 1 heterocycles. The van der Waals surface area contributed by atoms with Gasteiger partial charge in [-0.2, -0.15) is 0 Å². The smallest absolute Gasteiger partial charge is 0.248 e. The van der Waals surface area contributed by atoms with E-state index in [0.717, 1.165) is 5.56 Å². The fraction of sp³-hybridized carbons (Fsp3) is 0.273. The van der Waals surface area contributed by atoms with Gasteiger partial charge in [-0.15, -0.1) is 0 Å². The molecule has 0 spiro atoms. The van der Waals surface area contributed by atoms with Crippen LogP contribution in [-0.4, -0.2) is 11.8 Å². The predicted octanol–water partition coefficient (Wildman–Crippen LogP) is 1.02. The summed E-state index contributed by atoms with van der Waals surface area (Å²) in [6.45, 7) is 3.69. The number of fused-ring (bicyclic) bond motifs is 1. The topological polar surface area (TPSA) is 72.2 Å². The maximum absolute atomic E-state index is 11.6. The molecule has 0 unspecified atom stereocenters. The number of amides is 2. The summed E-state index contributed by atoms with van der Waals surface area (Å²) < 4.78 is 0. The van der Waals surface area contributed by atoms with Crippen molar-refractivity contribution in [3.63, 3.8) is 0 Å². The van der Waals surface area contributed by atoms with Crippen molar-refractivity contribution in [3.05, 3.63) is 29.3 Å². The second-order valence-electron chi connectivity index (χ2n) is 4.20. The second kappa shape index (κ2) is 2.82. The number of hydrogen-bond donors (Lipinski definition) is 2. The molecule has 78 valence electrons. The molecule has 0 fully saturated rings. The molecule has 0 aromatic heterocycles. The number of anilines is 1. The van der Waals surface area contributed by atoms with Gasteiger partial charge in [0.05, 0.1) is 5.41 Å². The lowest BCUT2D eigenvalue weighted by molar-refractivity contribution is -0.119. The lowest BCUT2D eigenvalue weighted by Crippen LogP contribution is -2.26. The summed E-state index contributed by atoms with van der Waals surface area (Å²) in [6.07, 6.45) is 0. The third-order valence-corrected chi connectivity index (χ3v) is 2.79. The Bertz CT molecular complexity index is 464. The zero-order valence-corrected chi connectivity index (χ0v) is 8.63. The molecule has 15 heavy (non-hydrogen) atoms. The van der Waals surface area contributed by atoms with Crippen LogP contribution < -0.4 is 11.1 Å². The standard InChI is InChI=1S/C11H12N2O2/c1-11(2)7-4-3-6(9(12)14)5-8(7)13-10(11)15/h3-5H,1-2H3,(H2,12,14)(H,13,15). The number of carbonyl (C=O) groups is 2. The first-order valence-electron chi connectivity index (χ1n) is 4.68. The Morgan fingerprint density at radius 1 is 1.40 bits per heavy atom. The first kappa shape index (κ1) is 9.71. The Labute approximate surface area is 87.5 Å². The Balaban J connectivity index is 2.56. The largest absolute Gasteiger partial charge is 0.366 e. The minimum Gasteiger partial charge on any atom is -0.366 e. The van der Waals surface area contributed by atoms with E-state index >= 15 is 0 Å². The molecule has 4 heteroatoms. The van der Waals surface area contributed by atoms with Gasteiger partial charge in [-0.05, 0) is 31.5 Å². The van der Waals surface area contributed by atoms with E-state index in [9.17, 15) is 9.59 Å². The van der Waals surface area contributed by atoms with E-state index in [1.807, 2.05) is 13.8 Å². The average molecular weight is 204 g/mol. The van der Waals surface area contributed by atoms with Crippen LogP contribution in [0.5, 0.6) is 0 Å². The van der Waals surface area contributed by atoms with E-state index in [0.29, 0.717) is 11.3 Å². The molecule has 0 bridgehead atoms.